The number of halogens is 1. The van der Waals surface area contributed by atoms with E-state index in [0.29, 0.717) is 27.0 Å². The van der Waals surface area contributed by atoms with Gasteiger partial charge in [-0.2, -0.15) is 9.78 Å². The first-order chi connectivity index (χ1) is 12.0. The number of para-hydroxylation sites is 1. The van der Waals surface area contributed by atoms with Crippen LogP contribution in [0.4, 0.5) is 0 Å². The second-order valence-electron chi connectivity index (χ2n) is 5.65. The van der Waals surface area contributed by atoms with Crippen LogP contribution >= 0.6 is 11.6 Å². The molecule has 0 saturated heterocycles. The molecule has 7 heteroatoms. The van der Waals surface area contributed by atoms with E-state index in [1.165, 1.54) is 0 Å². The molecule has 124 valence electrons. The van der Waals surface area contributed by atoms with E-state index in [9.17, 15) is 14.7 Å². The molecule has 2 aromatic carbocycles. The van der Waals surface area contributed by atoms with Crippen LogP contribution in [0.25, 0.3) is 27.5 Å². The molecule has 4 rings (SSSR count). The van der Waals surface area contributed by atoms with Gasteiger partial charge in [-0.25, -0.2) is 4.79 Å². The number of fused-ring (bicyclic) bond motifs is 3. The topological polar surface area (TPSA) is 77.1 Å². The Morgan fingerprint density at radius 1 is 1.16 bits per heavy atom. The van der Waals surface area contributed by atoms with E-state index in [0.717, 1.165) is 4.68 Å². The van der Waals surface area contributed by atoms with Crippen molar-refractivity contribution in [3.05, 3.63) is 69.6 Å². The molecule has 6 nitrogen and oxygen atoms in total. The number of hydrogen-bond donors (Lipinski definition) is 1. The maximum Gasteiger partial charge on any atom is 0.357 e. The molecule has 0 spiro atoms. The summed E-state index contributed by atoms with van der Waals surface area (Å²) in [5, 5.41) is 15.2. The minimum absolute atomic E-state index is 0.175. The monoisotopic (exact) mass is 353 g/mol. The van der Waals surface area contributed by atoms with Gasteiger partial charge in [-0.3, -0.25) is 4.79 Å². The summed E-state index contributed by atoms with van der Waals surface area (Å²) in [6.45, 7) is 0. The zero-order chi connectivity index (χ0) is 17.7. The highest BCUT2D eigenvalue weighted by atomic mass is 35.5. The molecule has 0 aliphatic rings. The third-order valence-corrected chi connectivity index (χ3v) is 4.43. The molecule has 0 aliphatic heterocycles. The van der Waals surface area contributed by atoms with Crippen LogP contribution in [0, 0.1) is 0 Å². The molecule has 1 N–H and O–H groups in total. The summed E-state index contributed by atoms with van der Waals surface area (Å²) in [7, 11) is 1.71. The van der Waals surface area contributed by atoms with Crippen LogP contribution in [-0.2, 0) is 7.05 Å². The van der Waals surface area contributed by atoms with E-state index < -0.39 is 5.97 Å². The molecule has 2 aromatic heterocycles. The third-order valence-electron chi connectivity index (χ3n) is 4.20. The summed E-state index contributed by atoms with van der Waals surface area (Å²) >= 11 is 6.06. The van der Waals surface area contributed by atoms with Crippen LogP contribution < -0.4 is 5.56 Å². The van der Waals surface area contributed by atoms with Crippen molar-refractivity contribution in [2.24, 2.45) is 7.05 Å². The smallest absolute Gasteiger partial charge is 0.357 e. The predicted octanol–water partition coefficient (Wildman–Crippen LogP) is 3.23. The Kier molecular flexibility index (Phi) is 3.36. The van der Waals surface area contributed by atoms with Crippen LogP contribution in [0.1, 0.15) is 10.5 Å². The van der Waals surface area contributed by atoms with E-state index in [1.54, 1.807) is 54.1 Å². The molecule has 0 fully saturated rings. The summed E-state index contributed by atoms with van der Waals surface area (Å²) in [4.78, 5) is 24.8. The quantitative estimate of drug-likeness (QED) is 0.600. The molecule has 0 saturated carbocycles. The molecule has 0 aliphatic carbocycles. The minimum Gasteiger partial charge on any atom is -0.476 e. The van der Waals surface area contributed by atoms with Gasteiger partial charge in [0.1, 0.15) is 5.52 Å². The number of carbonyl (C=O) groups is 1. The number of aromatic nitrogens is 3. The Morgan fingerprint density at radius 2 is 1.88 bits per heavy atom. The van der Waals surface area contributed by atoms with Crippen LogP contribution in [0.15, 0.2) is 53.3 Å². The highest BCUT2D eigenvalue weighted by molar-refractivity contribution is 6.31. The number of rotatable bonds is 2. The fraction of sp³-hybridized carbons (Fsp3) is 0.0556. The lowest BCUT2D eigenvalue weighted by molar-refractivity contribution is 0.0691. The van der Waals surface area contributed by atoms with Gasteiger partial charge in [-0.1, -0.05) is 35.9 Å². The van der Waals surface area contributed by atoms with Crippen molar-refractivity contribution in [2.75, 3.05) is 0 Å². The Labute approximate surface area is 146 Å². The van der Waals surface area contributed by atoms with Crippen LogP contribution in [0.5, 0.6) is 0 Å². The Bertz CT molecular complexity index is 1210. The lowest BCUT2D eigenvalue weighted by Crippen LogP contribution is -2.25. The molecule has 0 radical (unpaired) electrons. The second kappa shape index (κ2) is 5.46. The molecule has 0 bridgehead atoms. The molecule has 2 heterocycles. The molecule has 0 unspecified atom stereocenters. The van der Waals surface area contributed by atoms with E-state index in [1.807, 2.05) is 6.07 Å². The molecule has 4 aromatic rings. The summed E-state index contributed by atoms with van der Waals surface area (Å²) in [5.74, 6) is -1.20. The average Bonchev–Trinajstić information content (AvgIpc) is 2.89. The number of hydrogen-bond acceptors (Lipinski definition) is 3. The van der Waals surface area contributed by atoms with Crippen LogP contribution in [0.2, 0.25) is 5.02 Å². The first-order valence-electron chi connectivity index (χ1n) is 7.48. The van der Waals surface area contributed by atoms with Crippen molar-refractivity contribution in [3.63, 3.8) is 0 Å². The molecule has 0 atom stereocenters. The maximum absolute atomic E-state index is 13.0. The van der Waals surface area contributed by atoms with E-state index in [2.05, 4.69) is 5.10 Å². The van der Waals surface area contributed by atoms with Gasteiger partial charge in [0.25, 0.3) is 5.56 Å². The standard InChI is InChI=1S/C18H12ClN3O3/c1-21-13-9-10(19)7-8-12(13)14-15(18(24)25)20-22(17(23)16(14)21)11-5-3-2-4-6-11/h2-9H,1H3,(H,24,25). The summed E-state index contributed by atoms with van der Waals surface area (Å²) in [5.41, 5.74) is 0.885. The van der Waals surface area contributed by atoms with Crippen molar-refractivity contribution in [3.8, 4) is 5.69 Å². The van der Waals surface area contributed by atoms with Gasteiger partial charge in [-0.05, 0) is 24.3 Å². The van der Waals surface area contributed by atoms with E-state index >= 15 is 0 Å². The molecule has 25 heavy (non-hydrogen) atoms. The van der Waals surface area contributed by atoms with Crippen LogP contribution in [0.3, 0.4) is 0 Å². The van der Waals surface area contributed by atoms with Gasteiger partial charge >= 0.3 is 5.97 Å². The van der Waals surface area contributed by atoms with Gasteiger partial charge in [-0.15, -0.1) is 0 Å². The van der Waals surface area contributed by atoms with Crippen molar-refractivity contribution < 1.29 is 9.90 Å². The number of carboxylic acid groups (broad SMARTS) is 1. The first-order valence-corrected chi connectivity index (χ1v) is 7.86. The summed E-state index contributed by atoms with van der Waals surface area (Å²) in [6, 6.07) is 13.8. The summed E-state index contributed by atoms with van der Waals surface area (Å²) in [6.07, 6.45) is 0. The summed E-state index contributed by atoms with van der Waals surface area (Å²) < 4.78 is 2.78. The highest BCUT2D eigenvalue weighted by Crippen LogP contribution is 2.30. The van der Waals surface area contributed by atoms with Gasteiger partial charge in [0.05, 0.1) is 11.2 Å². The predicted molar refractivity (Wildman–Crippen MR) is 95.8 cm³/mol. The van der Waals surface area contributed by atoms with Crippen LogP contribution in [-0.4, -0.2) is 25.4 Å². The number of aromatic carboxylic acids is 1. The number of nitrogens with zero attached hydrogens (tertiary/aromatic N) is 3. The minimum atomic E-state index is -1.20. The fourth-order valence-corrected chi connectivity index (χ4v) is 3.26. The van der Waals surface area contributed by atoms with Gasteiger partial charge in [0.15, 0.2) is 5.69 Å². The SMILES string of the molecule is Cn1c2cc(Cl)ccc2c2c(C(=O)O)nn(-c3ccccc3)c(=O)c21. The molecular formula is C18H12ClN3O3. The lowest BCUT2D eigenvalue weighted by Gasteiger charge is -2.07. The van der Waals surface area contributed by atoms with Crippen molar-refractivity contribution in [2.45, 2.75) is 0 Å². The van der Waals surface area contributed by atoms with Crippen molar-refractivity contribution in [1.82, 2.24) is 14.3 Å². The number of carboxylic acids is 1. The normalized spacial score (nSPS) is 11.3. The largest absolute Gasteiger partial charge is 0.476 e. The first kappa shape index (κ1) is 15.4. The fourth-order valence-electron chi connectivity index (χ4n) is 3.09. The number of benzene rings is 2. The van der Waals surface area contributed by atoms with Gasteiger partial charge in [0.2, 0.25) is 0 Å². The molecule has 0 amide bonds. The van der Waals surface area contributed by atoms with Crippen molar-refractivity contribution in [1.29, 1.82) is 0 Å². The van der Waals surface area contributed by atoms with E-state index in [4.69, 9.17) is 11.6 Å². The maximum atomic E-state index is 13.0. The third kappa shape index (κ3) is 2.22. The van der Waals surface area contributed by atoms with E-state index in [-0.39, 0.29) is 16.8 Å². The average molecular weight is 354 g/mol. The lowest BCUT2D eigenvalue weighted by atomic mass is 10.1. The zero-order valence-electron chi connectivity index (χ0n) is 13.1. The van der Waals surface area contributed by atoms with Gasteiger partial charge < -0.3 is 9.67 Å². The van der Waals surface area contributed by atoms with Crippen molar-refractivity contribution >= 4 is 39.4 Å². The number of aryl methyl sites for hydroxylation is 1. The zero-order valence-corrected chi connectivity index (χ0v) is 13.9. The highest BCUT2D eigenvalue weighted by Gasteiger charge is 2.23. The second-order valence-corrected chi connectivity index (χ2v) is 6.09. The van der Waals surface area contributed by atoms with Gasteiger partial charge in [0, 0.05) is 22.8 Å². The Morgan fingerprint density at radius 3 is 2.56 bits per heavy atom. The molecular weight excluding hydrogens is 342 g/mol. The Hall–Kier alpha value is -3.12. The Balaban J connectivity index is 2.25.